The summed E-state index contributed by atoms with van der Waals surface area (Å²) < 4.78 is 2.66. The third-order valence-corrected chi connectivity index (χ3v) is 3.95. The molecule has 0 spiro atoms. The van der Waals surface area contributed by atoms with Crippen LogP contribution in [0.3, 0.4) is 0 Å². The molecule has 1 saturated carbocycles. The van der Waals surface area contributed by atoms with Gasteiger partial charge in [0.05, 0.1) is 17.3 Å². The molecular formula is C15H16N2O4. The van der Waals surface area contributed by atoms with E-state index < -0.39 is 5.97 Å². The van der Waals surface area contributed by atoms with Gasteiger partial charge < -0.3 is 5.11 Å². The summed E-state index contributed by atoms with van der Waals surface area (Å²) in [6.45, 7) is 0.419. The molecule has 0 atom stereocenters. The van der Waals surface area contributed by atoms with Crippen LogP contribution in [0.2, 0.25) is 0 Å². The molecule has 1 fully saturated rings. The number of aryl methyl sites for hydroxylation is 1. The van der Waals surface area contributed by atoms with Crippen molar-refractivity contribution in [2.45, 2.75) is 25.8 Å². The van der Waals surface area contributed by atoms with E-state index in [1.807, 2.05) is 0 Å². The van der Waals surface area contributed by atoms with Crippen molar-refractivity contribution in [3.05, 3.63) is 44.6 Å². The van der Waals surface area contributed by atoms with Crippen molar-refractivity contribution in [3.8, 4) is 0 Å². The number of carboxylic acids is 1. The van der Waals surface area contributed by atoms with Crippen molar-refractivity contribution < 1.29 is 9.90 Å². The summed E-state index contributed by atoms with van der Waals surface area (Å²) in [6, 6.07) is 4.97. The van der Waals surface area contributed by atoms with Crippen molar-refractivity contribution in [1.29, 1.82) is 0 Å². The Hall–Kier alpha value is -2.37. The molecule has 1 aliphatic rings. The van der Waals surface area contributed by atoms with Crippen molar-refractivity contribution in [3.63, 3.8) is 0 Å². The number of hydrogen-bond donors (Lipinski definition) is 1. The molecule has 1 aromatic carbocycles. The van der Waals surface area contributed by atoms with E-state index in [4.69, 9.17) is 5.11 Å². The van der Waals surface area contributed by atoms with Crippen LogP contribution in [0, 0.1) is 5.92 Å². The van der Waals surface area contributed by atoms with Gasteiger partial charge in [-0.3, -0.25) is 18.7 Å². The van der Waals surface area contributed by atoms with Crippen LogP contribution in [0.4, 0.5) is 0 Å². The summed E-state index contributed by atoms with van der Waals surface area (Å²) in [7, 11) is 1.61. The Bertz CT molecular complexity index is 843. The topological polar surface area (TPSA) is 81.3 Å². The van der Waals surface area contributed by atoms with Gasteiger partial charge in [-0.05, 0) is 30.4 Å². The molecule has 1 aliphatic carbocycles. The Balaban J connectivity index is 2.32. The zero-order chi connectivity index (χ0) is 15.1. The summed E-state index contributed by atoms with van der Waals surface area (Å²) in [4.78, 5) is 35.9. The molecule has 2 aromatic rings. The summed E-state index contributed by atoms with van der Waals surface area (Å²) in [5, 5.41) is 9.32. The maximum absolute atomic E-state index is 12.6. The maximum Gasteiger partial charge on any atom is 0.331 e. The van der Waals surface area contributed by atoms with Gasteiger partial charge in [-0.25, -0.2) is 4.79 Å². The predicted octanol–water partition coefficient (Wildman–Crippen LogP) is 0.737. The Morgan fingerprint density at radius 2 is 2.05 bits per heavy atom. The number of aliphatic carboxylic acids is 1. The highest BCUT2D eigenvalue weighted by Gasteiger charge is 2.24. The number of rotatable bonds is 4. The zero-order valence-electron chi connectivity index (χ0n) is 11.7. The predicted molar refractivity (Wildman–Crippen MR) is 77.5 cm³/mol. The Labute approximate surface area is 120 Å². The van der Waals surface area contributed by atoms with E-state index >= 15 is 0 Å². The minimum Gasteiger partial charge on any atom is -0.481 e. The third-order valence-electron chi connectivity index (χ3n) is 3.95. The van der Waals surface area contributed by atoms with Crippen LogP contribution < -0.4 is 11.2 Å². The number of nitrogens with zero attached hydrogens (tertiary/aromatic N) is 2. The van der Waals surface area contributed by atoms with Crippen molar-refractivity contribution >= 4 is 16.9 Å². The third kappa shape index (κ3) is 2.37. The number of aromatic nitrogens is 2. The number of benzene rings is 1. The van der Waals surface area contributed by atoms with Crippen LogP contribution in [-0.4, -0.2) is 20.2 Å². The lowest BCUT2D eigenvalue weighted by Crippen LogP contribution is -2.40. The molecule has 110 valence electrons. The van der Waals surface area contributed by atoms with E-state index in [9.17, 15) is 14.4 Å². The van der Waals surface area contributed by atoms with E-state index in [1.165, 1.54) is 9.13 Å². The van der Waals surface area contributed by atoms with Gasteiger partial charge in [-0.1, -0.05) is 12.1 Å². The van der Waals surface area contributed by atoms with Gasteiger partial charge in [0, 0.05) is 13.6 Å². The summed E-state index contributed by atoms with van der Waals surface area (Å²) in [5.74, 6) is -0.607. The van der Waals surface area contributed by atoms with Crippen molar-refractivity contribution in [2.24, 2.45) is 13.0 Å². The average molecular weight is 288 g/mol. The van der Waals surface area contributed by atoms with E-state index in [2.05, 4.69) is 0 Å². The largest absolute Gasteiger partial charge is 0.481 e. The second kappa shape index (κ2) is 4.87. The summed E-state index contributed by atoms with van der Waals surface area (Å²) in [6.07, 6.45) is 1.84. The zero-order valence-corrected chi connectivity index (χ0v) is 11.7. The van der Waals surface area contributed by atoms with E-state index in [0.29, 0.717) is 28.9 Å². The smallest absolute Gasteiger partial charge is 0.331 e. The highest BCUT2D eigenvalue weighted by Crippen LogP contribution is 2.29. The fourth-order valence-corrected chi connectivity index (χ4v) is 2.65. The number of fused-ring (bicyclic) bond motifs is 1. The van der Waals surface area contributed by atoms with Crippen molar-refractivity contribution in [2.75, 3.05) is 0 Å². The van der Waals surface area contributed by atoms with E-state index in [1.54, 1.807) is 25.2 Å². The molecule has 6 nitrogen and oxygen atoms in total. The molecular weight excluding hydrogens is 272 g/mol. The van der Waals surface area contributed by atoms with Crippen LogP contribution in [0.25, 0.3) is 10.9 Å². The first-order chi connectivity index (χ1) is 9.99. The Morgan fingerprint density at radius 1 is 1.33 bits per heavy atom. The van der Waals surface area contributed by atoms with E-state index in [0.717, 1.165) is 12.8 Å². The van der Waals surface area contributed by atoms with Crippen LogP contribution >= 0.6 is 0 Å². The van der Waals surface area contributed by atoms with Crippen molar-refractivity contribution in [1.82, 2.24) is 9.13 Å². The fraction of sp³-hybridized carbons (Fsp3) is 0.400. The molecule has 3 rings (SSSR count). The number of carbonyl (C=O) groups is 1. The van der Waals surface area contributed by atoms with Crippen LogP contribution in [-0.2, 0) is 24.8 Å². The first kappa shape index (κ1) is 13.6. The SMILES string of the molecule is Cn1c(=O)n(CC2CC2)c(=O)c2c(CC(=O)O)cccc21. The van der Waals surface area contributed by atoms with Crippen LogP contribution in [0.15, 0.2) is 27.8 Å². The lowest BCUT2D eigenvalue weighted by Gasteiger charge is -2.12. The quantitative estimate of drug-likeness (QED) is 0.899. The minimum atomic E-state index is -0.996. The molecule has 0 unspecified atom stereocenters. The van der Waals surface area contributed by atoms with Gasteiger partial charge >= 0.3 is 11.7 Å². The molecule has 0 amide bonds. The van der Waals surface area contributed by atoms with Gasteiger partial charge in [-0.15, -0.1) is 0 Å². The number of carboxylic acid groups (broad SMARTS) is 1. The molecule has 1 heterocycles. The van der Waals surface area contributed by atoms with Gasteiger partial charge in [0.15, 0.2) is 0 Å². The average Bonchev–Trinajstić information content (AvgIpc) is 3.24. The van der Waals surface area contributed by atoms with Crippen LogP contribution in [0.5, 0.6) is 0 Å². The van der Waals surface area contributed by atoms with E-state index in [-0.39, 0.29) is 17.7 Å². The molecule has 1 aromatic heterocycles. The Morgan fingerprint density at radius 3 is 2.67 bits per heavy atom. The second-order valence-electron chi connectivity index (χ2n) is 5.58. The first-order valence-corrected chi connectivity index (χ1v) is 6.92. The second-order valence-corrected chi connectivity index (χ2v) is 5.58. The maximum atomic E-state index is 12.6. The molecule has 21 heavy (non-hydrogen) atoms. The van der Waals surface area contributed by atoms with Gasteiger partial charge in [0.2, 0.25) is 0 Å². The van der Waals surface area contributed by atoms with Gasteiger partial charge in [-0.2, -0.15) is 0 Å². The van der Waals surface area contributed by atoms with Gasteiger partial charge in [0.1, 0.15) is 0 Å². The standard InChI is InChI=1S/C15H16N2O4/c1-16-11-4-2-3-10(7-12(18)19)13(11)14(20)17(15(16)21)8-9-5-6-9/h2-4,9H,5-8H2,1H3,(H,18,19). The summed E-state index contributed by atoms with van der Waals surface area (Å²) in [5.41, 5.74) is 0.213. The van der Waals surface area contributed by atoms with Crippen LogP contribution in [0.1, 0.15) is 18.4 Å². The molecule has 6 heteroatoms. The monoisotopic (exact) mass is 288 g/mol. The molecule has 0 bridgehead atoms. The molecule has 1 N–H and O–H groups in total. The highest BCUT2D eigenvalue weighted by molar-refractivity contribution is 5.85. The lowest BCUT2D eigenvalue weighted by atomic mass is 10.1. The molecule has 0 aliphatic heterocycles. The highest BCUT2D eigenvalue weighted by atomic mass is 16.4. The number of hydrogen-bond acceptors (Lipinski definition) is 3. The fourth-order valence-electron chi connectivity index (χ4n) is 2.65. The molecule has 0 radical (unpaired) electrons. The summed E-state index contributed by atoms with van der Waals surface area (Å²) >= 11 is 0. The normalized spacial score (nSPS) is 14.5. The Kier molecular flexibility index (Phi) is 3.16. The van der Waals surface area contributed by atoms with Gasteiger partial charge in [0.25, 0.3) is 5.56 Å². The molecule has 0 saturated heterocycles. The minimum absolute atomic E-state index is 0.228. The first-order valence-electron chi connectivity index (χ1n) is 6.92. The lowest BCUT2D eigenvalue weighted by molar-refractivity contribution is -0.136.